The SMILES string of the molecule is O=c1[nH]cnc2c1-c1cc(Br)ccc1C2. The normalized spacial score (nSPS) is 12.3. The van der Waals surface area contributed by atoms with Crippen molar-refractivity contribution in [2.24, 2.45) is 0 Å². The number of benzene rings is 1. The highest BCUT2D eigenvalue weighted by atomic mass is 79.9. The Balaban J connectivity index is 2.38. The molecular formula is C11H7BrN2O. The molecule has 74 valence electrons. The van der Waals surface area contributed by atoms with Gasteiger partial charge in [0.15, 0.2) is 0 Å². The second kappa shape index (κ2) is 3.03. The number of fused-ring (bicyclic) bond motifs is 3. The number of aromatic amines is 1. The van der Waals surface area contributed by atoms with Crippen LogP contribution in [0.2, 0.25) is 0 Å². The summed E-state index contributed by atoms with van der Waals surface area (Å²) in [5, 5.41) is 0. The first-order valence-corrected chi connectivity index (χ1v) is 5.40. The van der Waals surface area contributed by atoms with E-state index in [1.165, 1.54) is 6.33 Å². The van der Waals surface area contributed by atoms with Crippen LogP contribution in [0.3, 0.4) is 0 Å². The largest absolute Gasteiger partial charge is 0.313 e. The second-order valence-corrected chi connectivity index (χ2v) is 4.45. The smallest absolute Gasteiger partial charge is 0.258 e. The van der Waals surface area contributed by atoms with Crippen molar-refractivity contribution in [3.05, 3.63) is 50.6 Å². The average Bonchev–Trinajstić information content (AvgIpc) is 2.57. The molecule has 2 aromatic rings. The van der Waals surface area contributed by atoms with Gasteiger partial charge in [0.25, 0.3) is 5.56 Å². The van der Waals surface area contributed by atoms with Crippen LogP contribution in [0.15, 0.2) is 33.8 Å². The highest BCUT2D eigenvalue weighted by Gasteiger charge is 2.22. The van der Waals surface area contributed by atoms with Crippen molar-refractivity contribution >= 4 is 15.9 Å². The first kappa shape index (κ1) is 8.85. The van der Waals surface area contributed by atoms with E-state index in [9.17, 15) is 4.79 Å². The average molecular weight is 263 g/mol. The minimum Gasteiger partial charge on any atom is -0.313 e. The fourth-order valence-electron chi connectivity index (χ4n) is 1.96. The zero-order valence-corrected chi connectivity index (χ0v) is 9.34. The van der Waals surface area contributed by atoms with Gasteiger partial charge in [-0.25, -0.2) is 4.98 Å². The van der Waals surface area contributed by atoms with E-state index in [0.717, 1.165) is 27.7 Å². The summed E-state index contributed by atoms with van der Waals surface area (Å²) in [7, 11) is 0. The minimum atomic E-state index is -0.0585. The first-order valence-electron chi connectivity index (χ1n) is 4.61. The van der Waals surface area contributed by atoms with E-state index in [1.807, 2.05) is 18.2 Å². The molecule has 0 spiro atoms. The number of aromatic nitrogens is 2. The molecule has 0 saturated heterocycles. The van der Waals surface area contributed by atoms with Crippen LogP contribution in [0.4, 0.5) is 0 Å². The summed E-state index contributed by atoms with van der Waals surface area (Å²) in [5.74, 6) is 0. The third-order valence-corrected chi connectivity index (χ3v) is 3.12. The lowest BCUT2D eigenvalue weighted by Gasteiger charge is -1.99. The molecule has 0 unspecified atom stereocenters. The number of nitrogens with one attached hydrogen (secondary N) is 1. The fraction of sp³-hybridized carbons (Fsp3) is 0.0909. The molecule has 0 saturated carbocycles. The van der Waals surface area contributed by atoms with Crippen molar-refractivity contribution < 1.29 is 0 Å². The topological polar surface area (TPSA) is 45.8 Å². The van der Waals surface area contributed by atoms with E-state index < -0.39 is 0 Å². The molecule has 0 bridgehead atoms. The Kier molecular flexibility index (Phi) is 1.79. The molecule has 1 aliphatic carbocycles. The molecule has 4 heteroatoms. The van der Waals surface area contributed by atoms with Gasteiger partial charge >= 0.3 is 0 Å². The Bertz CT molecular complexity index is 604. The first-order chi connectivity index (χ1) is 7.25. The lowest BCUT2D eigenvalue weighted by molar-refractivity contribution is 1.04. The van der Waals surface area contributed by atoms with E-state index in [0.29, 0.717) is 5.56 Å². The molecule has 0 radical (unpaired) electrons. The summed E-state index contributed by atoms with van der Waals surface area (Å²) in [6, 6.07) is 5.98. The van der Waals surface area contributed by atoms with E-state index in [4.69, 9.17) is 0 Å². The van der Waals surface area contributed by atoms with Gasteiger partial charge in [0.2, 0.25) is 0 Å². The molecule has 1 aromatic carbocycles. The van der Waals surface area contributed by atoms with Gasteiger partial charge in [-0.2, -0.15) is 0 Å². The zero-order valence-electron chi connectivity index (χ0n) is 7.75. The zero-order chi connectivity index (χ0) is 10.4. The lowest BCUT2D eigenvalue weighted by atomic mass is 10.1. The molecule has 1 N–H and O–H groups in total. The van der Waals surface area contributed by atoms with Gasteiger partial charge in [0.1, 0.15) is 0 Å². The summed E-state index contributed by atoms with van der Waals surface area (Å²) in [6.45, 7) is 0. The van der Waals surface area contributed by atoms with Crippen molar-refractivity contribution in [1.82, 2.24) is 9.97 Å². The maximum Gasteiger partial charge on any atom is 0.258 e. The van der Waals surface area contributed by atoms with Gasteiger partial charge in [-0.15, -0.1) is 0 Å². The Morgan fingerprint density at radius 1 is 1.40 bits per heavy atom. The summed E-state index contributed by atoms with van der Waals surface area (Å²) >= 11 is 3.41. The summed E-state index contributed by atoms with van der Waals surface area (Å²) in [6.07, 6.45) is 2.21. The van der Waals surface area contributed by atoms with E-state index in [2.05, 4.69) is 25.9 Å². The molecule has 1 aromatic heterocycles. The van der Waals surface area contributed by atoms with Crippen LogP contribution in [-0.2, 0) is 6.42 Å². The lowest BCUT2D eigenvalue weighted by Crippen LogP contribution is -2.09. The standard InChI is InChI=1S/C11H7BrN2O/c12-7-2-1-6-3-9-10(8(6)4-7)11(15)14-5-13-9/h1-2,4-5H,3H2,(H,13,14,15). The predicted molar refractivity (Wildman–Crippen MR) is 60.8 cm³/mol. The van der Waals surface area contributed by atoms with E-state index in [1.54, 1.807) is 0 Å². The Morgan fingerprint density at radius 3 is 3.13 bits per heavy atom. The predicted octanol–water partition coefficient (Wildman–Crippen LogP) is 2.10. The van der Waals surface area contributed by atoms with E-state index in [-0.39, 0.29) is 5.56 Å². The molecule has 0 aliphatic heterocycles. The van der Waals surface area contributed by atoms with Crippen LogP contribution in [0, 0.1) is 0 Å². The van der Waals surface area contributed by atoms with Gasteiger partial charge in [-0.1, -0.05) is 22.0 Å². The molecule has 3 rings (SSSR count). The Hall–Kier alpha value is -1.42. The van der Waals surface area contributed by atoms with Crippen LogP contribution in [0.1, 0.15) is 11.3 Å². The summed E-state index contributed by atoms with van der Waals surface area (Å²) < 4.78 is 0.984. The third kappa shape index (κ3) is 1.25. The molecule has 1 aliphatic rings. The highest BCUT2D eigenvalue weighted by molar-refractivity contribution is 9.10. The monoisotopic (exact) mass is 262 g/mol. The van der Waals surface area contributed by atoms with Crippen molar-refractivity contribution in [1.29, 1.82) is 0 Å². The van der Waals surface area contributed by atoms with Crippen LogP contribution in [0.25, 0.3) is 11.1 Å². The van der Waals surface area contributed by atoms with Gasteiger partial charge < -0.3 is 4.98 Å². The van der Waals surface area contributed by atoms with Crippen molar-refractivity contribution in [2.75, 3.05) is 0 Å². The number of rotatable bonds is 0. The minimum absolute atomic E-state index is 0.0585. The van der Waals surface area contributed by atoms with E-state index >= 15 is 0 Å². The number of halogens is 1. The molecule has 0 fully saturated rings. The summed E-state index contributed by atoms with van der Waals surface area (Å²) in [4.78, 5) is 18.5. The van der Waals surface area contributed by atoms with Gasteiger partial charge in [0, 0.05) is 10.9 Å². The number of hydrogen-bond donors (Lipinski definition) is 1. The molecule has 15 heavy (non-hydrogen) atoms. The summed E-state index contributed by atoms with van der Waals surface area (Å²) in [5.41, 5.74) is 3.68. The van der Waals surface area contributed by atoms with Crippen LogP contribution < -0.4 is 5.56 Å². The number of hydrogen-bond acceptors (Lipinski definition) is 2. The van der Waals surface area contributed by atoms with Crippen molar-refractivity contribution in [2.45, 2.75) is 6.42 Å². The Morgan fingerprint density at radius 2 is 2.27 bits per heavy atom. The molecule has 1 heterocycles. The van der Waals surface area contributed by atoms with Crippen LogP contribution in [-0.4, -0.2) is 9.97 Å². The van der Waals surface area contributed by atoms with Gasteiger partial charge in [-0.3, -0.25) is 4.79 Å². The maximum absolute atomic E-state index is 11.7. The molecule has 0 amide bonds. The van der Waals surface area contributed by atoms with Crippen LogP contribution in [0.5, 0.6) is 0 Å². The highest BCUT2D eigenvalue weighted by Crippen LogP contribution is 2.34. The fourth-order valence-corrected chi connectivity index (χ4v) is 2.33. The quantitative estimate of drug-likeness (QED) is 0.675. The molecular weight excluding hydrogens is 256 g/mol. The number of H-pyrrole nitrogens is 1. The number of nitrogens with zero attached hydrogens (tertiary/aromatic N) is 1. The van der Waals surface area contributed by atoms with Crippen molar-refractivity contribution in [3.8, 4) is 11.1 Å². The van der Waals surface area contributed by atoms with Crippen molar-refractivity contribution in [3.63, 3.8) is 0 Å². The van der Waals surface area contributed by atoms with Crippen LogP contribution >= 0.6 is 15.9 Å². The van der Waals surface area contributed by atoms with Gasteiger partial charge in [-0.05, 0) is 23.3 Å². The second-order valence-electron chi connectivity index (χ2n) is 3.53. The molecule has 0 atom stereocenters. The third-order valence-electron chi connectivity index (χ3n) is 2.63. The molecule has 3 nitrogen and oxygen atoms in total. The van der Waals surface area contributed by atoms with Gasteiger partial charge in [0.05, 0.1) is 17.6 Å². The maximum atomic E-state index is 11.7. The Labute approximate surface area is 94.3 Å².